The number of nitrogens with one attached hydrogen (secondary N) is 1. The highest BCUT2D eigenvalue weighted by Crippen LogP contribution is 2.34. The van der Waals surface area contributed by atoms with Crippen LogP contribution in [0.2, 0.25) is 0 Å². The van der Waals surface area contributed by atoms with Crippen LogP contribution >= 0.6 is 15.9 Å². The molecule has 2 heterocycles. The van der Waals surface area contributed by atoms with Crippen molar-refractivity contribution in [3.63, 3.8) is 0 Å². The molecular weight excluding hydrogens is 369 g/mol. The number of rotatable bonds is 1. The second kappa shape index (κ2) is 6.43. The smallest absolute Gasteiger partial charge is 0.415 e. The van der Waals surface area contributed by atoms with Crippen LogP contribution < -0.4 is 5.32 Å². The number of hydrogen-bond donors (Lipinski definition) is 1. The normalized spacial score (nSPS) is 21.2. The number of carbonyl (C=O) groups excluding carboxylic acids is 1. The first-order chi connectivity index (χ1) is 10.6. The second-order valence-corrected chi connectivity index (χ2v) is 7.32. The number of aromatic nitrogens is 1. The number of halogens is 2. The number of carbonyl (C=O) groups is 1. The molecule has 1 aromatic heterocycles. The number of amidine groups is 1. The summed E-state index contributed by atoms with van der Waals surface area (Å²) in [6.45, 7) is 7.31. The summed E-state index contributed by atoms with van der Waals surface area (Å²) >= 11 is 3.28. The first-order valence-electron chi connectivity index (χ1n) is 7.13. The first kappa shape index (κ1) is 17.7. The summed E-state index contributed by atoms with van der Waals surface area (Å²) in [5.41, 5.74) is -1.19. The molecule has 0 saturated carbocycles. The average molecular weight is 388 g/mol. The molecule has 1 aromatic rings. The molecule has 0 aliphatic carbocycles. The maximum atomic E-state index is 14.1. The lowest BCUT2D eigenvalue weighted by molar-refractivity contribution is 0.0542. The molecule has 0 saturated heterocycles. The second-order valence-electron chi connectivity index (χ2n) is 6.41. The fourth-order valence-corrected chi connectivity index (χ4v) is 2.44. The van der Waals surface area contributed by atoms with E-state index in [-0.39, 0.29) is 12.6 Å². The molecule has 0 aromatic carbocycles. The number of alkyl carbamates (subject to hydrolysis) is 1. The van der Waals surface area contributed by atoms with Crippen molar-refractivity contribution >= 4 is 28.0 Å². The van der Waals surface area contributed by atoms with Gasteiger partial charge < -0.3 is 9.47 Å². The van der Waals surface area contributed by atoms with E-state index in [4.69, 9.17) is 9.47 Å². The summed E-state index contributed by atoms with van der Waals surface area (Å²) in [7, 11) is 0. The van der Waals surface area contributed by atoms with Crippen molar-refractivity contribution in [2.45, 2.75) is 45.3 Å². The van der Waals surface area contributed by atoms with E-state index in [0.29, 0.717) is 16.5 Å². The zero-order valence-electron chi connectivity index (χ0n) is 13.4. The Morgan fingerprint density at radius 2 is 2.22 bits per heavy atom. The molecule has 0 radical (unpaired) electrons. The quantitative estimate of drug-likeness (QED) is 0.748. The zero-order valence-corrected chi connectivity index (χ0v) is 15.0. The Hall–Kier alpha value is -1.70. The molecule has 0 bridgehead atoms. The summed E-state index contributed by atoms with van der Waals surface area (Å²) in [4.78, 5) is 19.8. The molecule has 1 aliphatic heterocycles. The average Bonchev–Trinajstić information content (AvgIpc) is 2.39. The van der Waals surface area contributed by atoms with Gasteiger partial charge in [-0.15, -0.1) is 0 Å². The lowest BCUT2D eigenvalue weighted by atomic mass is 9.90. The van der Waals surface area contributed by atoms with E-state index in [2.05, 4.69) is 31.2 Å². The molecule has 1 N–H and O–H groups in total. The molecular formula is C15H19BrFN3O3. The minimum absolute atomic E-state index is 0.00683. The Bertz CT molecular complexity index is 645. The van der Waals surface area contributed by atoms with E-state index in [0.717, 1.165) is 0 Å². The van der Waals surface area contributed by atoms with Crippen molar-refractivity contribution in [2.75, 3.05) is 6.61 Å². The van der Waals surface area contributed by atoms with Gasteiger partial charge in [-0.3, -0.25) is 0 Å². The molecule has 126 valence electrons. The molecule has 0 unspecified atom stereocenters. The summed E-state index contributed by atoms with van der Waals surface area (Å²) in [5.74, 6) is -0.599. The van der Waals surface area contributed by atoms with Crippen LogP contribution in [0.4, 0.5) is 9.18 Å². The Kier molecular flexibility index (Phi) is 4.93. The van der Waals surface area contributed by atoms with E-state index in [1.54, 1.807) is 33.8 Å². The third-order valence-corrected chi connectivity index (χ3v) is 3.60. The highest BCUT2D eigenvalue weighted by Gasteiger charge is 2.35. The van der Waals surface area contributed by atoms with Crippen molar-refractivity contribution in [3.8, 4) is 0 Å². The van der Waals surface area contributed by atoms with Crippen LogP contribution in [-0.4, -0.2) is 29.3 Å². The predicted octanol–water partition coefficient (Wildman–Crippen LogP) is 3.50. The van der Waals surface area contributed by atoms with Crippen LogP contribution in [0, 0.1) is 5.95 Å². The van der Waals surface area contributed by atoms with Gasteiger partial charge in [0.2, 0.25) is 5.95 Å². The molecule has 8 heteroatoms. The highest BCUT2D eigenvalue weighted by molar-refractivity contribution is 9.10. The van der Waals surface area contributed by atoms with Crippen molar-refractivity contribution in [2.24, 2.45) is 4.99 Å². The summed E-state index contributed by atoms with van der Waals surface area (Å²) in [5, 5.41) is 2.45. The molecule has 2 rings (SSSR count). The zero-order chi connectivity index (χ0) is 17.3. The van der Waals surface area contributed by atoms with E-state index >= 15 is 0 Å². The Morgan fingerprint density at radius 1 is 1.52 bits per heavy atom. The first-order valence-corrected chi connectivity index (χ1v) is 7.92. The lowest BCUT2D eigenvalue weighted by Crippen LogP contribution is -2.42. The van der Waals surface area contributed by atoms with Gasteiger partial charge in [-0.05, 0) is 49.7 Å². The summed E-state index contributed by atoms with van der Waals surface area (Å²) in [6, 6.07) is 1.63. The molecule has 1 amide bonds. The molecule has 23 heavy (non-hydrogen) atoms. The van der Waals surface area contributed by atoms with Crippen molar-refractivity contribution in [1.82, 2.24) is 10.3 Å². The van der Waals surface area contributed by atoms with E-state index < -0.39 is 23.2 Å². The fourth-order valence-electron chi connectivity index (χ4n) is 2.11. The van der Waals surface area contributed by atoms with Gasteiger partial charge in [0, 0.05) is 22.7 Å². The van der Waals surface area contributed by atoms with E-state index in [1.807, 2.05) is 0 Å². The maximum Gasteiger partial charge on any atom is 0.415 e. The SMILES string of the molecule is CC(C)(C)OC(=O)NC1=N[C@](C)(c2cc(Br)cnc2F)CCO1. The minimum atomic E-state index is -0.885. The largest absolute Gasteiger partial charge is 0.465 e. The van der Waals surface area contributed by atoms with Gasteiger partial charge in [0.25, 0.3) is 6.02 Å². The van der Waals surface area contributed by atoms with E-state index in [1.165, 1.54) is 6.20 Å². The van der Waals surface area contributed by atoms with E-state index in [9.17, 15) is 9.18 Å². The van der Waals surface area contributed by atoms with Crippen LogP contribution in [0.5, 0.6) is 0 Å². The van der Waals surface area contributed by atoms with Crippen LogP contribution in [-0.2, 0) is 15.0 Å². The van der Waals surface area contributed by atoms with Crippen LogP contribution in [0.25, 0.3) is 0 Å². The van der Waals surface area contributed by atoms with Crippen LogP contribution in [0.3, 0.4) is 0 Å². The minimum Gasteiger partial charge on any atom is -0.465 e. The molecule has 6 nitrogen and oxygen atoms in total. The van der Waals surface area contributed by atoms with Gasteiger partial charge in [-0.2, -0.15) is 4.39 Å². The predicted molar refractivity (Wildman–Crippen MR) is 86.6 cm³/mol. The van der Waals surface area contributed by atoms with Crippen LogP contribution in [0.15, 0.2) is 21.7 Å². The van der Waals surface area contributed by atoms with Gasteiger partial charge in [-0.25, -0.2) is 20.1 Å². The van der Waals surface area contributed by atoms with Gasteiger partial charge in [-0.1, -0.05) is 0 Å². The number of ether oxygens (including phenoxy) is 2. The third-order valence-electron chi connectivity index (χ3n) is 3.17. The number of nitrogens with zero attached hydrogens (tertiary/aromatic N) is 2. The van der Waals surface area contributed by atoms with Gasteiger partial charge in [0.1, 0.15) is 5.60 Å². The summed E-state index contributed by atoms with van der Waals surface area (Å²) < 4.78 is 25.2. The van der Waals surface area contributed by atoms with Gasteiger partial charge in [0.05, 0.1) is 12.1 Å². The maximum absolute atomic E-state index is 14.1. The number of aliphatic imine (C=N–C) groups is 1. The fraction of sp³-hybridized carbons (Fsp3) is 0.533. The van der Waals surface area contributed by atoms with Gasteiger partial charge >= 0.3 is 6.09 Å². The lowest BCUT2D eigenvalue weighted by Gasteiger charge is -2.31. The molecule has 0 fully saturated rings. The molecule has 0 spiro atoms. The Morgan fingerprint density at radius 3 is 2.87 bits per heavy atom. The van der Waals surface area contributed by atoms with Crippen molar-refractivity contribution < 1.29 is 18.7 Å². The topological polar surface area (TPSA) is 72.8 Å². The molecule has 1 atom stereocenters. The number of hydrogen-bond acceptors (Lipinski definition) is 5. The third kappa shape index (κ3) is 4.63. The van der Waals surface area contributed by atoms with Crippen molar-refractivity contribution in [1.29, 1.82) is 0 Å². The number of amides is 1. The number of pyridine rings is 1. The Labute approximate surface area is 142 Å². The standard InChI is InChI=1S/C15H19BrFN3O3/c1-14(2,3)23-13(21)19-12-20-15(4,5-6-22-12)10-7-9(16)8-18-11(10)17/h7-8H,5-6H2,1-4H3,(H,19,20,21)/t15-/m0/s1. The summed E-state index contributed by atoms with van der Waals surface area (Å²) in [6.07, 6.45) is 1.17. The Balaban J connectivity index is 2.23. The van der Waals surface area contributed by atoms with Crippen molar-refractivity contribution in [3.05, 3.63) is 28.2 Å². The van der Waals surface area contributed by atoms with Gasteiger partial charge in [0.15, 0.2) is 0 Å². The monoisotopic (exact) mass is 387 g/mol. The molecule has 1 aliphatic rings. The van der Waals surface area contributed by atoms with Crippen LogP contribution in [0.1, 0.15) is 39.7 Å². The highest BCUT2D eigenvalue weighted by atomic mass is 79.9.